The summed E-state index contributed by atoms with van der Waals surface area (Å²) < 4.78 is 5.44. The van der Waals surface area contributed by atoms with Gasteiger partial charge >= 0.3 is 6.09 Å². The monoisotopic (exact) mass is 422 g/mol. The molecule has 1 aromatic heterocycles. The number of aromatic hydroxyl groups is 1. The maximum absolute atomic E-state index is 12.8. The van der Waals surface area contributed by atoms with Crippen molar-refractivity contribution in [1.29, 1.82) is 0 Å². The molecule has 2 heterocycles. The molecule has 1 aliphatic heterocycles. The predicted octanol–water partition coefficient (Wildman–Crippen LogP) is 4.25. The van der Waals surface area contributed by atoms with Crippen molar-refractivity contribution >= 4 is 28.5 Å². The number of nitrogens with zero attached hydrogens (tertiary/aromatic N) is 2. The van der Waals surface area contributed by atoms with Crippen molar-refractivity contribution in [3.05, 3.63) is 53.9 Å². The Bertz CT molecular complexity index is 1130. The lowest BCUT2D eigenvalue weighted by molar-refractivity contribution is 0.0292. The Hall–Kier alpha value is -3.55. The van der Waals surface area contributed by atoms with E-state index in [4.69, 9.17) is 4.74 Å². The van der Waals surface area contributed by atoms with E-state index < -0.39 is 5.60 Å². The van der Waals surface area contributed by atoms with Crippen molar-refractivity contribution in [3.63, 3.8) is 0 Å². The highest BCUT2D eigenvalue weighted by Crippen LogP contribution is 2.29. The Kier molecular flexibility index (Phi) is 5.31. The second kappa shape index (κ2) is 7.94. The lowest BCUT2D eigenvalue weighted by atomic mass is 10.0. The van der Waals surface area contributed by atoms with E-state index >= 15 is 0 Å². The fourth-order valence-corrected chi connectivity index (χ4v) is 3.72. The number of rotatable bonds is 3. The highest BCUT2D eigenvalue weighted by Gasteiger charge is 2.31. The molecule has 1 fully saturated rings. The number of phenols is 1. The highest BCUT2D eigenvalue weighted by atomic mass is 16.6. The molecule has 0 bridgehead atoms. The van der Waals surface area contributed by atoms with Gasteiger partial charge < -0.3 is 20.1 Å². The molecule has 1 atom stereocenters. The van der Waals surface area contributed by atoms with Crippen LogP contribution in [0.3, 0.4) is 0 Å². The quantitative estimate of drug-likeness (QED) is 0.585. The number of aromatic amines is 1. The van der Waals surface area contributed by atoms with E-state index in [1.165, 1.54) is 0 Å². The van der Waals surface area contributed by atoms with Crippen molar-refractivity contribution in [2.24, 2.45) is 0 Å². The number of hydrogen-bond acceptors (Lipinski definition) is 5. The van der Waals surface area contributed by atoms with Gasteiger partial charge in [0.1, 0.15) is 11.4 Å². The van der Waals surface area contributed by atoms with Crippen LogP contribution in [0.15, 0.2) is 42.5 Å². The fraction of sp³-hybridized carbons (Fsp3) is 0.348. The van der Waals surface area contributed by atoms with Gasteiger partial charge in [-0.15, -0.1) is 0 Å². The Balaban J connectivity index is 1.44. The molecule has 162 valence electrons. The average molecular weight is 422 g/mol. The van der Waals surface area contributed by atoms with E-state index in [1.807, 2.05) is 32.9 Å². The van der Waals surface area contributed by atoms with Crippen LogP contribution in [0.25, 0.3) is 10.8 Å². The van der Waals surface area contributed by atoms with Crippen molar-refractivity contribution in [2.45, 2.75) is 38.7 Å². The first-order valence-corrected chi connectivity index (χ1v) is 10.3. The van der Waals surface area contributed by atoms with Gasteiger partial charge in [-0.05, 0) is 56.8 Å². The number of carbonyl (C=O) groups is 2. The molecule has 0 aliphatic carbocycles. The summed E-state index contributed by atoms with van der Waals surface area (Å²) in [5.74, 6) is -0.150. The predicted molar refractivity (Wildman–Crippen MR) is 117 cm³/mol. The SMILES string of the molecule is CC(C)(C)OC(=O)N1CCC(c2cc(C(=O)Nc3cccc4ccc(O)cc34)n[nH]2)C1. The zero-order valence-electron chi connectivity index (χ0n) is 17.8. The second-order valence-corrected chi connectivity index (χ2v) is 8.79. The molecule has 0 spiro atoms. The minimum absolute atomic E-state index is 0.0658. The molecule has 1 saturated heterocycles. The maximum atomic E-state index is 12.8. The van der Waals surface area contributed by atoms with E-state index in [0.717, 1.165) is 22.9 Å². The number of likely N-dealkylation sites (tertiary alicyclic amines) is 1. The maximum Gasteiger partial charge on any atom is 0.410 e. The van der Waals surface area contributed by atoms with E-state index in [9.17, 15) is 14.7 Å². The third-order valence-electron chi connectivity index (χ3n) is 5.22. The summed E-state index contributed by atoms with van der Waals surface area (Å²) >= 11 is 0. The van der Waals surface area contributed by atoms with Gasteiger partial charge in [-0.2, -0.15) is 5.10 Å². The Morgan fingerprint density at radius 1 is 1.23 bits per heavy atom. The molecule has 3 N–H and O–H groups in total. The smallest absolute Gasteiger partial charge is 0.410 e. The molecule has 2 amide bonds. The molecule has 4 rings (SSSR count). The number of fused-ring (bicyclic) bond motifs is 1. The number of carbonyl (C=O) groups excluding carboxylic acids is 2. The van der Waals surface area contributed by atoms with E-state index in [0.29, 0.717) is 18.8 Å². The molecular formula is C23H26N4O4. The van der Waals surface area contributed by atoms with E-state index in [2.05, 4.69) is 15.5 Å². The van der Waals surface area contributed by atoms with Gasteiger partial charge in [0.2, 0.25) is 0 Å². The van der Waals surface area contributed by atoms with Crippen LogP contribution in [0.2, 0.25) is 0 Å². The Labute approximate surface area is 180 Å². The van der Waals surface area contributed by atoms with E-state index in [-0.39, 0.29) is 29.4 Å². The van der Waals surface area contributed by atoms with Crippen LogP contribution < -0.4 is 5.32 Å². The average Bonchev–Trinajstić information content (AvgIpc) is 3.37. The van der Waals surface area contributed by atoms with Crippen LogP contribution in [0, 0.1) is 0 Å². The summed E-state index contributed by atoms with van der Waals surface area (Å²) in [6.07, 6.45) is 0.442. The number of H-pyrrole nitrogens is 1. The largest absolute Gasteiger partial charge is 0.508 e. The number of benzene rings is 2. The molecule has 31 heavy (non-hydrogen) atoms. The van der Waals surface area contributed by atoms with Crippen LogP contribution in [0.4, 0.5) is 10.5 Å². The standard InChI is InChI=1S/C23H26N4O4/c1-23(2,3)31-22(30)27-10-9-15(13-27)19-12-20(26-25-19)21(29)24-18-6-4-5-14-7-8-16(28)11-17(14)18/h4-8,11-12,15,28H,9-10,13H2,1-3H3,(H,24,29)(H,25,26). The first-order valence-electron chi connectivity index (χ1n) is 10.3. The Morgan fingerprint density at radius 3 is 2.81 bits per heavy atom. The second-order valence-electron chi connectivity index (χ2n) is 8.79. The van der Waals surface area contributed by atoms with Gasteiger partial charge in [0, 0.05) is 35.8 Å². The summed E-state index contributed by atoms with van der Waals surface area (Å²) in [6.45, 7) is 6.64. The lowest BCUT2D eigenvalue weighted by Gasteiger charge is -2.24. The summed E-state index contributed by atoms with van der Waals surface area (Å²) in [4.78, 5) is 26.7. The zero-order chi connectivity index (χ0) is 22.2. The number of ether oxygens (including phenoxy) is 1. The molecule has 8 nitrogen and oxygen atoms in total. The number of hydrogen-bond donors (Lipinski definition) is 3. The van der Waals surface area contributed by atoms with Gasteiger partial charge in [0.05, 0.1) is 0 Å². The van der Waals surface area contributed by atoms with Gasteiger partial charge in [-0.1, -0.05) is 18.2 Å². The van der Waals surface area contributed by atoms with Crippen molar-refractivity contribution in [1.82, 2.24) is 15.1 Å². The fourth-order valence-electron chi connectivity index (χ4n) is 3.72. The van der Waals surface area contributed by atoms with E-state index in [1.54, 1.807) is 35.2 Å². The van der Waals surface area contributed by atoms with Crippen molar-refractivity contribution < 1.29 is 19.4 Å². The summed E-state index contributed by atoms with van der Waals surface area (Å²) in [5.41, 5.74) is 1.14. The van der Waals surface area contributed by atoms with Crippen LogP contribution >= 0.6 is 0 Å². The van der Waals surface area contributed by atoms with Gasteiger partial charge in [0.15, 0.2) is 5.69 Å². The van der Waals surface area contributed by atoms with Crippen molar-refractivity contribution in [3.8, 4) is 5.75 Å². The molecular weight excluding hydrogens is 396 g/mol. The van der Waals surface area contributed by atoms with Crippen LogP contribution in [-0.4, -0.2) is 50.9 Å². The molecule has 3 aromatic rings. The third-order valence-corrected chi connectivity index (χ3v) is 5.22. The molecule has 1 unspecified atom stereocenters. The Morgan fingerprint density at radius 2 is 2.03 bits per heavy atom. The number of anilines is 1. The van der Waals surface area contributed by atoms with Gasteiger partial charge in [-0.25, -0.2) is 4.79 Å². The number of aromatic nitrogens is 2. The molecule has 0 saturated carbocycles. The number of amides is 2. The zero-order valence-corrected chi connectivity index (χ0v) is 17.8. The normalized spacial score (nSPS) is 16.5. The minimum Gasteiger partial charge on any atom is -0.508 e. The summed E-state index contributed by atoms with van der Waals surface area (Å²) in [7, 11) is 0. The minimum atomic E-state index is -0.535. The molecule has 2 aromatic carbocycles. The first-order chi connectivity index (χ1) is 14.7. The molecule has 1 aliphatic rings. The van der Waals surface area contributed by atoms with Crippen LogP contribution in [-0.2, 0) is 4.74 Å². The summed E-state index contributed by atoms with van der Waals surface area (Å²) in [6, 6.07) is 12.3. The number of nitrogens with one attached hydrogen (secondary N) is 2. The first kappa shape index (κ1) is 20.7. The topological polar surface area (TPSA) is 108 Å². The summed E-state index contributed by atoms with van der Waals surface area (Å²) in [5, 5.41) is 21.4. The van der Waals surface area contributed by atoms with Crippen molar-refractivity contribution in [2.75, 3.05) is 18.4 Å². The third kappa shape index (κ3) is 4.63. The molecule has 8 heteroatoms. The van der Waals surface area contributed by atoms with Gasteiger partial charge in [0.25, 0.3) is 5.91 Å². The number of phenolic OH excluding ortho intramolecular Hbond substituents is 1. The highest BCUT2D eigenvalue weighted by molar-refractivity contribution is 6.08. The lowest BCUT2D eigenvalue weighted by Crippen LogP contribution is -2.35. The molecule has 0 radical (unpaired) electrons. The van der Waals surface area contributed by atoms with Crippen LogP contribution in [0.1, 0.15) is 49.3 Å². The van der Waals surface area contributed by atoms with Crippen LogP contribution in [0.5, 0.6) is 5.75 Å². The van der Waals surface area contributed by atoms with Gasteiger partial charge in [-0.3, -0.25) is 9.89 Å².